The molecule has 4 heterocycles. The number of fused-ring (bicyclic) bond motifs is 6. The Labute approximate surface area is 476 Å². The number of allylic oxidation sites excluding steroid dienone is 6. The van der Waals surface area contributed by atoms with E-state index in [1.807, 2.05) is 60.7 Å². The molecule has 79 heavy (non-hydrogen) atoms. The first-order valence-corrected chi connectivity index (χ1v) is 29.9. The number of ether oxygens (including phenoxy) is 1. The first-order valence-electron chi connectivity index (χ1n) is 28.3. The summed E-state index contributed by atoms with van der Waals surface area (Å²) in [7, 11) is 0. The molecule has 398 valence electrons. The number of hydrogen-bond acceptors (Lipinski definition) is 6. The highest BCUT2D eigenvalue weighted by molar-refractivity contribution is 7.23. The Bertz CT molecular complexity index is 3750. The van der Waals surface area contributed by atoms with Gasteiger partial charge in [0.1, 0.15) is 29.2 Å². The Balaban J connectivity index is 0.981. The minimum absolute atomic E-state index is 0.0166. The largest absolute Gasteiger partial charge is 0.457 e. The minimum Gasteiger partial charge on any atom is -0.457 e. The van der Waals surface area contributed by atoms with E-state index < -0.39 is 0 Å². The maximum absolute atomic E-state index is 11.3. The molecule has 0 saturated carbocycles. The van der Waals surface area contributed by atoms with Gasteiger partial charge in [-0.2, -0.15) is 10.5 Å². The standard InChI is InChI=1S/C72H71N3O2S2/c1-9-11-13-15-37-72(38-16-14-12-10-2)64-41-50(22-31-60(64)61-32-25-55(44-65(61)72)75-66-33-23-53(70(3,4)5)42-62(66)63-43-54(71(6,7)8)24-34-67(63)75)49-20-17-48(18-21-49)19-26-56-39-51(52(45-73)46-74)40-57(77-56)27-28-58-29-35-68(78-58)69-36-30-59(47-76)79-69/h17-36,39-44,47H,9-16,37-38H2,1-8H3/b26-19+,28-27+. The van der Waals surface area contributed by atoms with Crippen LogP contribution in [-0.2, 0) is 21.0 Å². The summed E-state index contributed by atoms with van der Waals surface area (Å²) in [4.78, 5) is 15.1. The molecule has 0 atom stereocenters. The summed E-state index contributed by atoms with van der Waals surface area (Å²) in [5, 5.41) is 22.3. The van der Waals surface area contributed by atoms with E-state index in [0.717, 1.165) is 39.3 Å². The summed E-state index contributed by atoms with van der Waals surface area (Å²) < 4.78 is 8.88. The predicted octanol–water partition coefficient (Wildman–Crippen LogP) is 20.7. The van der Waals surface area contributed by atoms with Crippen molar-refractivity contribution in [1.82, 2.24) is 4.57 Å². The zero-order valence-corrected chi connectivity index (χ0v) is 48.8. The molecule has 0 amide bonds. The van der Waals surface area contributed by atoms with Gasteiger partial charge in [0.05, 0.1) is 15.9 Å². The molecule has 8 aromatic rings. The molecular formula is C72H71N3O2S2. The molecule has 10 rings (SSSR count). The van der Waals surface area contributed by atoms with E-state index >= 15 is 0 Å². The molecule has 5 nitrogen and oxygen atoms in total. The van der Waals surface area contributed by atoms with Gasteiger partial charge in [0.2, 0.25) is 0 Å². The average Bonchev–Trinajstić information content (AvgIpc) is 4.34. The van der Waals surface area contributed by atoms with E-state index in [1.165, 1.54) is 135 Å². The monoisotopic (exact) mass is 1070 g/mol. The smallest absolute Gasteiger partial charge is 0.160 e. The molecule has 0 unspecified atom stereocenters. The summed E-state index contributed by atoms with van der Waals surface area (Å²) in [5.74, 6) is 1.04. The normalized spacial score (nSPS) is 14.1. The molecule has 2 aliphatic rings. The van der Waals surface area contributed by atoms with Crippen molar-refractivity contribution >= 4 is 62.9 Å². The third kappa shape index (κ3) is 11.4. The van der Waals surface area contributed by atoms with Gasteiger partial charge >= 0.3 is 0 Å². The third-order valence-corrected chi connectivity index (χ3v) is 18.3. The molecule has 1 aliphatic heterocycles. The number of nitrogens with zero attached hydrogens (tertiary/aromatic N) is 3. The first-order chi connectivity index (χ1) is 38.1. The van der Waals surface area contributed by atoms with Crippen molar-refractivity contribution in [2.45, 2.75) is 136 Å². The van der Waals surface area contributed by atoms with Crippen molar-refractivity contribution < 1.29 is 9.53 Å². The molecule has 0 N–H and O–H groups in total. The zero-order chi connectivity index (χ0) is 55.5. The van der Waals surface area contributed by atoms with E-state index in [4.69, 9.17) is 4.74 Å². The summed E-state index contributed by atoms with van der Waals surface area (Å²) in [6, 6.07) is 49.7. The van der Waals surface area contributed by atoms with Gasteiger partial charge in [0.15, 0.2) is 6.29 Å². The van der Waals surface area contributed by atoms with Crippen LogP contribution in [0.15, 0.2) is 168 Å². The molecule has 0 spiro atoms. The lowest BCUT2D eigenvalue weighted by atomic mass is 9.70. The lowest BCUT2D eigenvalue weighted by molar-refractivity contribution is 0.112. The van der Waals surface area contributed by atoms with Crippen molar-refractivity contribution in [3.05, 3.63) is 206 Å². The van der Waals surface area contributed by atoms with Crippen LogP contribution in [0.2, 0.25) is 0 Å². The number of carbonyl (C=O) groups is 1. The van der Waals surface area contributed by atoms with Gasteiger partial charge in [0.25, 0.3) is 0 Å². The van der Waals surface area contributed by atoms with E-state index in [2.05, 4.69) is 157 Å². The van der Waals surface area contributed by atoms with Crippen LogP contribution in [0.1, 0.15) is 162 Å². The van der Waals surface area contributed by atoms with Gasteiger partial charge < -0.3 is 9.30 Å². The molecule has 0 fully saturated rings. The van der Waals surface area contributed by atoms with Crippen molar-refractivity contribution in [2.24, 2.45) is 0 Å². The van der Waals surface area contributed by atoms with Gasteiger partial charge in [-0.3, -0.25) is 4.79 Å². The van der Waals surface area contributed by atoms with E-state index in [0.29, 0.717) is 22.0 Å². The van der Waals surface area contributed by atoms with Crippen molar-refractivity contribution in [3.8, 4) is 49.8 Å². The number of aromatic nitrogens is 1. The fourth-order valence-electron chi connectivity index (χ4n) is 11.7. The number of aldehydes is 1. The number of benzene rings is 5. The van der Waals surface area contributed by atoms with Crippen LogP contribution in [0, 0.1) is 22.7 Å². The van der Waals surface area contributed by atoms with Gasteiger partial charge in [-0.25, -0.2) is 0 Å². The van der Waals surface area contributed by atoms with E-state index in [9.17, 15) is 15.3 Å². The molecule has 0 bridgehead atoms. The van der Waals surface area contributed by atoms with Crippen LogP contribution in [0.25, 0.3) is 71.7 Å². The van der Waals surface area contributed by atoms with E-state index in [1.54, 1.807) is 23.5 Å². The summed E-state index contributed by atoms with van der Waals surface area (Å²) in [6.07, 6.45) is 24.0. The number of rotatable bonds is 18. The second-order valence-corrected chi connectivity index (χ2v) is 25.8. The molecular weight excluding hydrogens is 1000 g/mol. The zero-order valence-electron chi connectivity index (χ0n) is 47.1. The SMILES string of the molecule is CCCCCCC1(CCCCCC)c2cc(-c3ccc(/C=C/C4=CC(=C(C#N)C#N)C=C(/C=C/c5ccc(-c6ccc(C=O)s6)s5)O4)cc3)ccc2-c2ccc(-n3c4ccc(C(C)(C)C)cc4c4cc(C(C)(C)C)ccc43)cc21. The summed E-state index contributed by atoms with van der Waals surface area (Å²) in [6.45, 7) is 18.5. The molecule has 0 saturated heterocycles. The molecule has 5 aromatic carbocycles. The highest BCUT2D eigenvalue weighted by Crippen LogP contribution is 2.56. The van der Waals surface area contributed by atoms with Crippen LogP contribution < -0.4 is 0 Å². The maximum atomic E-state index is 11.3. The van der Waals surface area contributed by atoms with E-state index in [-0.39, 0.29) is 21.8 Å². The van der Waals surface area contributed by atoms with Crippen LogP contribution >= 0.6 is 22.7 Å². The lowest BCUT2D eigenvalue weighted by Gasteiger charge is -2.33. The van der Waals surface area contributed by atoms with Crippen molar-refractivity contribution in [2.75, 3.05) is 0 Å². The Hall–Kier alpha value is -7.55. The molecule has 7 heteroatoms. The minimum atomic E-state index is -0.127. The van der Waals surface area contributed by atoms with Gasteiger partial charge in [-0.1, -0.05) is 167 Å². The number of thiophene rings is 2. The Morgan fingerprint density at radius 2 is 1.10 bits per heavy atom. The fraction of sp³-hybridized carbons (Fsp3) is 0.292. The first kappa shape index (κ1) is 54.8. The topological polar surface area (TPSA) is 78.8 Å². The number of nitriles is 2. The number of hydrogen-bond donors (Lipinski definition) is 0. The number of unbranched alkanes of at least 4 members (excludes halogenated alkanes) is 6. The van der Waals surface area contributed by atoms with Crippen LogP contribution in [0.5, 0.6) is 0 Å². The Morgan fingerprint density at radius 3 is 1.65 bits per heavy atom. The van der Waals surface area contributed by atoms with Gasteiger partial charge in [0, 0.05) is 42.1 Å². The highest BCUT2D eigenvalue weighted by atomic mass is 32.1. The Kier molecular flexibility index (Phi) is 16.0. The van der Waals surface area contributed by atoms with Crippen LogP contribution in [0.3, 0.4) is 0 Å². The van der Waals surface area contributed by atoms with Crippen molar-refractivity contribution in [3.63, 3.8) is 0 Å². The number of carbonyl (C=O) groups excluding carboxylic acids is 1. The molecule has 0 radical (unpaired) electrons. The predicted molar refractivity (Wildman–Crippen MR) is 334 cm³/mol. The average molecular weight is 1070 g/mol. The van der Waals surface area contributed by atoms with Gasteiger partial charge in [-0.15, -0.1) is 22.7 Å². The fourth-order valence-corrected chi connectivity index (χ4v) is 13.5. The van der Waals surface area contributed by atoms with Crippen LogP contribution in [0.4, 0.5) is 0 Å². The van der Waals surface area contributed by atoms with Crippen LogP contribution in [-0.4, -0.2) is 10.9 Å². The quantitative estimate of drug-likeness (QED) is 0.0487. The molecule has 3 aromatic heterocycles. The van der Waals surface area contributed by atoms with Crippen molar-refractivity contribution in [1.29, 1.82) is 10.5 Å². The molecule has 1 aliphatic carbocycles. The lowest BCUT2D eigenvalue weighted by Crippen LogP contribution is -2.26. The second-order valence-electron chi connectivity index (χ2n) is 23.6. The summed E-state index contributed by atoms with van der Waals surface area (Å²) >= 11 is 3.08. The highest BCUT2D eigenvalue weighted by Gasteiger charge is 2.43. The summed E-state index contributed by atoms with van der Waals surface area (Å²) in [5.41, 5.74) is 15.9. The third-order valence-electron chi connectivity index (χ3n) is 16.1. The second kappa shape index (κ2) is 23.0. The maximum Gasteiger partial charge on any atom is 0.160 e. The Morgan fingerprint density at radius 1 is 0.570 bits per heavy atom. The van der Waals surface area contributed by atoms with Gasteiger partial charge in [-0.05, 0) is 171 Å².